The molecule has 0 saturated carbocycles. The molecule has 0 radical (unpaired) electrons. The number of aryl methyl sites for hydroxylation is 2. The first-order valence-corrected chi connectivity index (χ1v) is 8.88. The number of carbonyl (C=O) groups is 1. The fourth-order valence-corrected chi connectivity index (χ4v) is 2.68. The van der Waals surface area contributed by atoms with E-state index in [1.54, 1.807) is 19.1 Å². The van der Waals surface area contributed by atoms with E-state index in [1.165, 1.54) is 6.07 Å². The smallest absolute Gasteiger partial charge is 0.333 e. The van der Waals surface area contributed by atoms with E-state index in [2.05, 4.69) is 6.58 Å². The Balaban J connectivity index is 2.22. The summed E-state index contributed by atoms with van der Waals surface area (Å²) in [6.07, 6.45) is 1.17. The van der Waals surface area contributed by atoms with E-state index in [0.717, 1.165) is 16.7 Å². The zero-order chi connectivity index (χ0) is 19.8. The Kier molecular flexibility index (Phi) is 7.55. The van der Waals surface area contributed by atoms with Gasteiger partial charge in [0.05, 0.1) is 13.2 Å². The first kappa shape index (κ1) is 20.6. The molecule has 0 saturated heterocycles. The van der Waals surface area contributed by atoms with Gasteiger partial charge in [-0.25, -0.2) is 9.18 Å². The molecule has 0 atom stereocenters. The van der Waals surface area contributed by atoms with Crippen LogP contribution >= 0.6 is 0 Å². The van der Waals surface area contributed by atoms with Gasteiger partial charge < -0.3 is 14.6 Å². The van der Waals surface area contributed by atoms with Crippen LogP contribution in [-0.4, -0.2) is 30.9 Å². The van der Waals surface area contributed by atoms with Crippen LogP contribution in [0.1, 0.15) is 24.5 Å². The molecular formula is C22H25FO4. The minimum absolute atomic E-state index is 0.0828. The lowest BCUT2D eigenvalue weighted by molar-refractivity contribution is -0.139. The van der Waals surface area contributed by atoms with Crippen LogP contribution in [0.3, 0.4) is 0 Å². The van der Waals surface area contributed by atoms with Crippen molar-refractivity contribution >= 4 is 5.97 Å². The minimum Gasteiger partial charge on any atom is -0.491 e. The predicted molar refractivity (Wildman–Crippen MR) is 103 cm³/mol. The molecule has 0 spiro atoms. The second-order valence-electron chi connectivity index (χ2n) is 6.39. The van der Waals surface area contributed by atoms with Gasteiger partial charge in [0.2, 0.25) is 0 Å². The van der Waals surface area contributed by atoms with Gasteiger partial charge in [-0.3, -0.25) is 0 Å². The topological polar surface area (TPSA) is 55.8 Å². The maximum atomic E-state index is 14.5. The number of halogens is 1. The molecular weight excluding hydrogens is 347 g/mol. The molecule has 0 aliphatic carbocycles. The summed E-state index contributed by atoms with van der Waals surface area (Å²) in [6.45, 7) is 7.35. The van der Waals surface area contributed by atoms with Crippen LogP contribution in [-0.2, 0) is 16.0 Å². The standard InChI is InChI=1S/C22H25FO4/c1-15(2)22(25)27-11-4-5-17-14-18(26-12-10-24)7-9-19(17)20-8-6-16(3)13-21(20)23/h6-9,13-14,24H,1,4-5,10-12H2,2-3H3. The molecule has 0 heterocycles. The summed E-state index contributed by atoms with van der Waals surface area (Å²) in [6, 6.07) is 10.5. The number of hydrogen-bond acceptors (Lipinski definition) is 4. The molecule has 1 N–H and O–H groups in total. The fourth-order valence-electron chi connectivity index (χ4n) is 2.68. The number of benzene rings is 2. The van der Waals surface area contributed by atoms with Crippen molar-refractivity contribution in [1.82, 2.24) is 0 Å². The second kappa shape index (κ2) is 9.88. The first-order valence-electron chi connectivity index (χ1n) is 8.88. The molecule has 0 aliphatic rings. The molecule has 0 unspecified atom stereocenters. The van der Waals surface area contributed by atoms with Crippen LogP contribution in [0.4, 0.5) is 4.39 Å². The van der Waals surface area contributed by atoms with E-state index < -0.39 is 5.97 Å². The Morgan fingerprint density at radius 3 is 2.56 bits per heavy atom. The van der Waals surface area contributed by atoms with Gasteiger partial charge in [0, 0.05) is 11.1 Å². The third kappa shape index (κ3) is 5.93. The van der Waals surface area contributed by atoms with Crippen molar-refractivity contribution in [3.05, 3.63) is 65.5 Å². The molecule has 5 heteroatoms. The predicted octanol–water partition coefficient (Wildman–Crippen LogP) is 4.22. The third-order valence-corrected chi connectivity index (χ3v) is 4.02. The monoisotopic (exact) mass is 372 g/mol. The van der Waals surface area contributed by atoms with E-state index in [0.29, 0.717) is 29.7 Å². The number of hydrogen-bond donors (Lipinski definition) is 1. The van der Waals surface area contributed by atoms with Crippen LogP contribution in [0.5, 0.6) is 5.75 Å². The Morgan fingerprint density at radius 1 is 1.15 bits per heavy atom. The van der Waals surface area contributed by atoms with Crippen LogP contribution in [0.2, 0.25) is 0 Å². The lowest BCUT2D eigenvalue weighted by atomic mass is 9.95. The zero-order valence-electron chi connectivity index (χ0n) is 15.8. The van der Waals surface area contributed by atoms with Gasteiger partial charge >= 0.3 is 5.97 Å². The van der Waals surface area contributed by atoms with Crippen LogP contribution in [0.25, 0.3) is 11.1 Å². The van der Waals surface area contributed by atoms with Gasteiger partial charge in [-0.15, -0.1) is 0 Å². The highest BCUT2D eigenvalue weighted by molar-refractivity contribution is 5.86. The number of aliphatic hydroxyl groups excluding tert-OH is 1. The Hall–Kier alpha value is -2.66. The summed E-state index contributed by atoms with van der Waals surface area (Å²) in [5, 5.41) is 8.93. The van der Waals surface area contributed by atoms with E-state index in [1.807, 2.05) is 25.1 Å². The van der Waals surface area contributed by atoms with E-state index in [9.17, 15) is 9.18 Å². The van der Waals surface area contributed by atoms with Crippen molar-refractivity contribution < 1.29 is 23.8 Å². The zero-order valence-corrected chi connectivity index (χ0v) is 15.8. The van der Waals surface area contributed by atoms with Gasteiger partial charge in [0.1, 0.15) is 18.2 Å². The van der Waals surface area contributed by atoms with E-state index in [-0.39, 0.29) is 25.6 Å². The third-order valence-electron chi connectivity index (χ3n) is 4.02. The van der Waals surface area contributed by atoms with Crippen molar-refractivity contribution in [2.75, 3.05) is 19.8 Å². The Bertz CT molecular complexity index is 814. The van der Waals surface area contributed by atoms with Crippen molar-refractivity contribution in [3.8, 4) is 16.9 Å². The van der Waals surface area contributed by atoms with E-state index >= 15 is 0 Å². The molecule has 144 valence electrons. The largest absolute Gasteiger partial charge is 0.491 e. The maximum absolute atomic E-state index is 14.5. The quantitative estimate of drug-likeness (QED) is 0.407. The molecule has 0 aromatic heterocycles. The van der Waals surface area contributed by atoms with Gasteiger partial charge in [-0.05, 0) is 61.6 Å². The maximum Gasteiger partial charge on any atom is 0.333 e. The molecule has 0 aliphatic heterocycles. The summed E-state index contributed by atoms with van der Waals surface area (Å²) >= 11 is 0. The summed E-state index contributed by atoms with van der Waals surface area (Å²) in [5.74, 6) is -0.0944. The first-order chi connectivity index (χ1) is 12.9. The van der Waals surface area contributed by atoms with Crippen LogP contribution in [0, 0.1) is 12.7 Å². The normalized spacial score (nSPS) is 10.5. The average molecular weight is 372 g/mol. The minimum atomic E-state index is -0.417. The number of carbonyl (C=O) groups excluding carboxylic acids is 1. The summed E-state index contributed by atoms with van der Waals surface area (Å²) in [7, 11) is 0. The van der Waals surface area contributed by atoms with Crippen LogP contribution < -0.4 is 4.74 Å². The van der Waals surface area contributed by atoms with Crippen molar-refractivity contribution in [3.63, 3.8) is 0 Å². The number of ether oxygens (including phenoxy) is 2. The molecule has 0 bridgehead atoms. The van der Waals surface area contributed by atoms with Gasteiger partial charge in [0.25, 0.3) is 0 Å². The van der Waals surface area contributed by atoms with Crippen molar-refractivity contribution in [1.29, 1.82) is 0 Å². The van der Waals surface area contributed by atoms with Gasteiger partial charge in [-0.2, -0.15) is 0 Å². The molecule has 0 amide bonds. The summed E-state index contributed by atoms with van der Waals surface area (Å²) < 4.78 is 25.1. The van der Waals surface area contributed by atoms with Crippen molar-refractivity contribution in [2.45, 2.75) is 26.7 Å². The molecule has 2 rings (SSSR count). The highest BCUT2D eigenvalue weighted by Gasteiger charge is 2.12. The second-order valence-corrected chi connectivity index (χ2v) is 6.39. The lowest BCUT2D eigenvalue weighted by Gasteiger charge is -2.14. The molecule has 2 aromatic rings. The molecule has 4 nitrogen and oxygen atoms in total. The fraction of sp³-hybridized carbons (Fsp3) is 0.318. The highest BCUT2D eigenvalue weighted by Crippen LogP contribution is 2.31. The number of rotatable bonds is 9. The molecule has 27 heavy (non-hydrogen) atoms. The molecule has 2 aromatic carbocycles. The highest BCUT2D eigenvalue weighted by atomic mass is 19.1. The summed E-state index contributed by atoms with van der Waals surface area (Å²) in [4.78, 5) is 11.5. The SMILES string of the molecule is C=C(C)C(=O)OCCCc1cc(OCCO)ccc1-c1ccc(C)cc1F. The number of esters is 1. The lowest BCUT2D eigenvalue weighted by Crippen LogP contribution is -2.07. The van der Waals surface area contributed by atoms with Crippen molar-refractivity contribution in [2.24, 2.45) is 0 Å². The Morgan fingerprint density at radius 2 is 1.89 bits per heavy atom. The average Bonchev–Trinajstić information content (AvgIpc) is 2.63. The van der Waals surface area contributed by atoms with Crippen LogP contribution in [0.15, 0.2) is 48.6 Å². The Labute approximate surface area is 159 Å². The van der Waals surface area contributed by atoms with Gasteiger partial charge in [0.15, 0.2) is 0 Å². The summed E-state index contributed by atoms with van der Waals surface area (Å²) in [5.41, 5.74) is 3.39. The molecule has 0 fully saturated rings. The van der Waals surface area contributed by atoms with Gasteiger partial charge in [-0.1, -0.05) is 24.8 Å². The number of aliphatic hydroxyl groups is 1. The van der Waals surface area contributed by atoms with E-state index in [4.69, 9.17) is 14.6 Å².